The van der Waals surface area contributed by atoms with Crippen molar-refractivity contribution >= 4 is 6.47 Å². The Labute approximate surface area is 130 Å². The zero-order chi connectivity index (χ0) is 16.4. The molecule has 118 valence electrons. The van der Waals surface area contributed by atoms with Crippen molar-refractivity contribution in [3.05, 3.63) is 59.7 Å². The van der Waals surface area contributed by atoms with Crippen molar-refractivity contribution in [2.45, 2.75) is 19.6 Å². The molecule has 0 radical (unpaired) electrons. The quantitative estimate of drug-likeness (QED) is 0.817. The van der Waals surface area contributed by atoms with E-state index in [-0.39, 0.29) is 6.47 Å². The van der Waals surface area contributed by atoms with Gasteiger partial charge in [-0.15, -0.1) is 0 Å². The number of hydrogen-bond acceptors (Lipinski definition) is 5. The summed E-state index contributed by atoms with van der Waals surface area (Å²) >= 11 is 0. The molecular weight excluding hydrogens is 282 g/mol. The number of carbonyl (C=O) groups is 1. The fourth-order valence-electron chi connectivity index (χ4n) is 1.92. The molecule has 1 atom stereocenters. The first-order valence-electron chi connectivity index (χ1n) is 6.83. The van der Waals surface area contributed by atoms with Crippen LogP contribution in [0.25, 0.3) is 0 Å². The molecule has 0 fully saturated rings. The number of aliphatic hydroxyl groups excluding tert-OH is 1. The topological polar surface area (TPSA) is 86.5 Å². The lowest BCUT2D eigenvalue weighted by Gasteiger charge is -2.20. The van der Waals surface area contributed by atoms with E-state index in [1.165, 1.54) is 0 Å². The third-order valence-corrected chi connectivity index (χ3v) is 2.94. The van der Waals surface area contributed by atoms with Gasteiger partial charge in [0.15, 0.2) is 0 Å². The monoisotopic (exact) mass is 303 g/mol. The summed E-state index contributed by atoms with van der Waals surface area (Å²) < 4.78 is 0. The number of aromatic nitrogens is 2. The number of aryl methyl sites for hydroxylation is 1. The minimum absolute atomic E-state index is 0.250. The second-order valence-corrected chi connectivity index (χ2v) is 4.88. The van der Waals surface area contributed by atoms with Gasteiger partial charge in [-0.1, -0.05) is 30.3 Å². The Bertz CT molecular complexity index is 546. The van der Waals surface area contributed by atoms with Gasteiger partial charge >= 0.3 is 0 Å². The van der Waals surface area contributed by atoms with Crippen LogP contribution in [0.3, 0.4) is 0 Å². The first kappa shape index (κ1) is 17.7. The molecule has 6 heteroatoms. The van der Waals surface area contributed by atoms with Crippen molar-refractivity contribution in [2.24, 2.45) is 0 Å². The first-order valence-corrected chi connectivity index (χ1v) is 6.83. The summed E-state index contributed by atoms with van der Waals surface area (Å²) in [4.78, 5) is 18.9. The highest BCUT2D eigenvalue weighted by atomic mass is 16.3. The van der Waals surface area contributed by atoms with Crippen LogP contribution >= 0.6 is 0 Å². The Morgan fingerprint density at radius 2 is 1.86 bits per heavy atom. The number of nitrogens with zero attached hydrogens (tertiary/aromatic N) is 3. The maximum absolute atomic E-state index is 10.1. The van der Waals surface area contributed by atoms with E-state index in [1.807, 2.05) is 49.2 Å². The van der Waals surface area contributed by atoms with E-state index in [2.05, 4.69) is 9.97 Å². The lowest BCUT2D eigenvalue weighted by atomic mass is 10.1. The van der Waals surface area contributed by atoms with Gasteiger partial charge in [0, 0.05) is 25.5 Å². The SMILES string of the molecule is Cc1cnc(CN(C)CC(O)c2ccccc2)cn1.O=CO. The number of likely N-dealkylation sites (N-methyl/N-ethyl adjacent to an activating group) is 1. The molecule has 0 aliphatic carbocycles. The number of hydrogen-bond donors (Lipinski definition) is 2. The van der Waals surface area contributed by atoms with Crippen molar-refractivity contribution in [1.82, 2.24) is 14.9 Å². The van der Waals surface area contributed by atoms with Gasteiger partial charge < -0.3 is 10.2 Å². The Morgan fingerprint density at radius 1 is 1.23 bits per heavy atom. The molecular formula is C16H21N3O3. The van der Waals surface area contributed by atoms with Crippen LogP contribution in [-0.2, 0) is 11.3 Å². The van der Waals surface area contributed by atoms with E-state index in [4.69, 9.17) is 9.90 Å². The van der Waals surface area contributed by atoms with Crippen molar-refractivity contribution in [1.29, 1.82) is 0 Å². The lowest BCUT2D eigenvalue weighted by Crippen LogP contribution is -2.24. The van der Waals surface area contributed by atoms with Crippen molar-refractivity contribution in [3.63, 3.8) is 0 Å². The highest BCUT2D eigenvalue weighted by molar-refractivity contribution is 5.32. The zero-order valence-corrected chi connectivity index (χ0v) is 12.8. The van der Waals surface area contributed by atoms with E-state index in [0.717, 1.165) is 17.0 Å². The Morgan fingerprint density at radius 3 is 2.41 bits per heavy atom. The summed E-state index contributed by atoms with van der Waals surface area (Å²) in [7, 11) is 1.97. The van der Waals surface area contributed by atoms with Gasteiger partial charge in [0.1, 0.15) is 0 Å². The zero-order valence-electron chi connectivity index (χ0n) is 12.8. The molecule has 0 bridgehead atoms. The second-order valence-electron chi connectivity index (χ2n) is 4.88. The Hall–Kier alpha value is -2.31. The molecule has 1 unspecified atom stereocenters. The van der Waals surface area contributed by atoms with Crippen molar-refractivity contribution in [3.8, 4) is 0 Å². The predicted molar refractivity (Wildman–Crippen MR) is 83.2 cm³/mol. The summed E-state index contributed by atoms with van der Waals surface area (Å²) in [6, 6.07) is 9.68. The summed E-state index contributed by atoms with van der Waals surface area (Å²) in [5, 5.41) is 17.0. The maximum atomic E-state index is 10.1. The van der Waals surface area contributed by atoms with Gasteiger partial charge in [-0.05, 0) is 19.5 Å². The summed E-state index contributed by atoms with van der Waals surface area (Å²) in [5.74, 6) is 0. The molecule has 2 rings (SSSR count). The van der Waals surface area contributed by atoms with Crippen LogP contribution in [-0.4, -0.2) is 45.1 Å². The summed E-state index contributed by atoms with van der Waals surface area (Å²) in [6.07, 6.45) is 3.06. The third kappa shape index (κ3) is 6.43. The lowest BCUT2D eigenvalue weighted by molar-refractivity contribution is -0.122. The predicted octanol–water partition coefficient (Wildman–Crippen LogP) is 1.65. The Kier molecular flexibility index (Phi) is 7.74. The smallest absolute Gasteiger partial charge is 0.290 e. The molecule has 1 aromatic heterocycles. The van der Waals surface area contributed by atoms with Gasteiger partial charge in [0.25, 0.3) is 6.47 Å². The molecule has 0 amide bonds. The largest absolute Gasteiger partial charge is 0.483 e. The first-order chi connectivity index (χ1) is 10.6. The molecule has 22 heavy (non-hydrogen) atoms. The third-order valence-electron chi connectivity index (χ3n) is 2.94. The molecule has 0 saturated heterocycles. The fourth-order valence-corrected chi connectivity index (χ4v) is 1.92. The molecule has 0 spiro atoms. The maximum Gasteiger partial charge on any atom is 0.290 e. The summed E-state index contributed by atoms with van der Waals surface area (Å²) in [5.41, 5.74) is 2.76. The van der Waals surface area contributed by atoms with Crippen LogP contribution < -0.4 is 0 Å². The van der Waals surface area contributed by atoms with Gasteiger partial charge in [0.05, 0.1) is 17.5 Å². The fraction of sp³-hybridized carbons (Fsp3) is 0.312. The van der Waals surface area contributed by atoms with Crippen LogP contribution in [0.2, 0.25) is 0 Å². The molecule has 0 saturated carbocycles. The van der Waals surface area contributed by atoms with Crippen LogP contribution in [0.1, 0.15) is 23.1 Å². The Balaban J connectivity index is 0.000000745. The van der Waals surface area contributed by atoms with Gasteiger partial charge in [-0.3, -0.25) is 19.7 Å². The average molecular weight is 303 g/mol. The van der Waals surface area contributed by atoms with Crippen LogP contribution in [0.4, 0.5) is 0 Å². The molecule has 0 aliphatic rings. The van der Waals surface area contributed by atoms with Crippen LogP contribution in [0.15, 0.2) is 42.7 Å². The van der Waals surface area contributed by atoms with Gasteiger partial charge in [0.2, 0.25) is 0 Å². The normalized spacial score (nSPS) is 11.5. The highest BCUT2D eigenvalue weighted by Crippen LogP contribution is 2.13. The molecule has 2 N–H and O–H groups in total. The number of benzene rings is 1. The van der Waals surface area contributed by atoms with E-state index in [0.29, 0.717) is 13.1 Å². The average Bonchev–Trinajstić information content (AvgIpc) is 2.51. The molecule has 6 nitrogen and oxygen atoms in total. The molecule has 1 heterocycles. The summed E-state index contributed by atoms with van der Waals surface area (Å²) in [6.45, 7) is 2.91. The minimum Gasteiger partial charge on any atom is -0.483 e. The van der Waals surface area contributed by atoms with Crippen molar-refractivity contribution < 1.29 is 15.0 Å². The van der Waals surface area contributed by atoms with Crippen LogP contribution in [0.5, 0.6) is 0 Å². The molecule has 0 aliphatic heterocycles. The van der Waals surface area contributed by atoms with E-state index in [9.17, 15) is 5.11 Å². The highest BCUT2D eigenvalue weighted by Gasteiger charge is 2.11. The van der Waals surface area contributed by atoms with Gasteiger partial charge in [-0.2, -0.15) is 0 Å². The number of rotatable bonds is 5. The van der Waals surface area contributed by atoms with E-state index < -0.39 is 6.10 Å². The van der Waals surface area contributed by atoms with Gasteiger partial charge in [-0.25, -0.2) is 0 Å². The molecule has 2 aromatic rings. The number of carboxylic acid groups (broad SMARTS) is 1. The molecule has 1 aromatic carbocycles. The minimum atomic E-state index is -0.482. The van der Waals surface area contributed by atoms with Crippen molar-refractivity contribution in [2.75, 3.05) is 13.6 Å². The number of aliphatic hydroxyl groups is 1. The van der Waals surface area contributed by atoms with E-state index >= 15 is 0 Å². The standard InChI is InChI=1S/C15H19N3O.CH2O2/c1-12-8-17-14(9-16-12)10-18(2)11-15(19)13-6-4-3-5-7-13;2-1-3/h3-9,15,19H,10-11H2,1-2H3;1H,(H,2,3). The van der Waals surface area contributed by atoms with E-state index in [1.54, 1.807) is 12.4 Å². The van der Waals surface area contributed by atoms with Crippen LogP contribution in [0, 0.1) is 6.92 Å². The second kappa shape index (κ2) is 9.59.